The van der Waals surface area contributed by atoms with Crippen molar-refractivity contribution in [2.24, 2.45) is 11.8 Å². The highest BCUT2D eigenvalue weighted by atomic mass is 16.6. The molecule has 0 amide bonds. The molecule has 0 aromatic heterocycles. The lowest BCUT2D eigenvalue weighted by Gasteiger charge is -2.30. The molecule has 32 heavy (non-hydrogen) atoms. The minimum atomic E-state index is -1.80. The molecule has 3 atom stereocenters. The van der Waals surface area contributed by atoms with E-state index in [-0.39, 0.29) is 6.10 Å². The Kier molecular flexibility index (Phi) is 9.35. The molecule has 1 aliphatic carbocycles. The zero-order chi connectivity index (χ0) is 22.8. The summed E-state index contributed by atoms with van der Waals surface area (Å²) in [6, 6.07) is 18.3. The smallest absolute Gasteiger partial charge is 0.347 e. The third-order valence-corrected chi connectivity index (χ3v) is 7.00. The van der Waals surface area contributed by atoms with E-state index in [4.69, 9.17) is 4.74 Å². The molecular weight excluding hydrogens is 396 g/mol. The van der Waals surface area contributed by atoms with E-state index in [1.807, 2.05) is 36.4 Å². The van der Waals surface area contributed by atoms with Crippen molar-refractivity contribution in [2.45, 2.75) is 89.8 Å². The van der Waals surface area contributed by atoms with E-state index in [0.717, 1.165) is 12.8 Å². The average molecular weight is 437 g/mol. The lowest BCUT2D eigenvalue weighted by Crippen LogP contribution is -2.40. The Morgan fingerprint density at radius 1 is 0.906 bits per heavy atom. The topological polar surface area (TPSA) is 46.5 Å². The van der Waals surface area contributed by atoms with Crippen molar-refractivity contribution in [3.05, 3.63) is 71.8 Å². The van der Waals surface area contributed by atoms with Crippen LogP contribution in [0.5, 0.6) is 0 Å². The number of esters is 1. The van der Waals surface area contributed by atoms with Crippen molar-refractivity contribution >= 4 is 5.97 Å². The molecule has 3 heteroatoms. The standard InChI is InChI=1S/C29H40O3/c1-3-4-5-6-9-14-24-20-19-23(2)21-27(22-24)32-28(30)29(31,25-15-10-7-11-16-25)26-17-12-8-13-18-26/h7-8,10-13,15-18,23-24,27,31H,3-6,9,14,19-22H2,1-2H3. The van der Waals surface area contributed by atoms with Gasteiger partial charge in [-0.15, -0.1) is 0 Å². The predicted octanol–water partition coefficient (Wildman–Crippen LogP) is 7.02. The van der Waals surface area contributed by atoms with Crippen LogP contribution in [-0.2, 0) is 15.1 Å². The van der Waals surface area contributed by atoms with Gasteiger partial charge in [0.1, 0.15) is 6.10 Å². The van der Waals surface area contributed by atoms with Gasteiger partial charge in [0, 0.05) is 0 Å². The summed E-state index contributed by atoms with van der Waals surface area (Å²) in [7, 11) is 0. The molecule has 0 saturated heterocycles. The fraction of sp³-hybridized carbons (Fsp3) is 0.552. The summed E-state index contributed by atoms with van der Waals surface area (Å²) in [5, 5.41) is 11.7. The van der Waals surface area contributed by atoms with Crippen LogP contribution in [0.25, 0.3) is 0 Å². The molecule has 2 aromatic carbocycles. The van der Waals surface area contributed by atoms with Crippen LogP contribution in [0.4, 0.5) is 0 Å². The van der Waals surface area contributed by atoms with Crippen molar-refractivity contribution in [2.75, 3.05) is 0 Å². The molecule has 0 aliphatic heterocycles. The monoisotopic (exact) mass is 436 g/mol. The van der Waals surface area contributed by atoms with Crippen molar-refractivity contribution < 1.29 is 14.6 Å². The maximum absolute atomic E-state index is 13.5. The molecular formula is C29H40O3. The molecule has 1 fully saturated rings. The van der Waals surface area contributed by atoms with Crippen LogP contribution >= 0.6 is 0 Å². The number of carbonyl (C=O) groups excluding carboxylic acids is 1. The van der Waals surface area contributed by atoms with Gasteiger partial charge in [-0.25, -0.2) is 4.79 Å². The van der Waals surface area contributed by atoms with Crippen molar-refractivity contribution in [1.29, 1.82) is 0 Å². The SMILES string of the molecule is CCCCCCCC1CCC(C)CC(OC(=O)C(O)(c2ccccc2)c2ccccc2)C1. The van der Waals surface area contributed by atoms with Gasteiger partial charge in [0.25, 0.3) is 0 Å². The van der Waals surface area contributed by atoms with Crippen molar-refractivity contribution in [3.63, 3.8) is 0 Å². The van der Waals surface area contributed by atoms with Gasteiger partial charge in [-0.3, -0.25) is 0 Å². The lowest BCUT2D eigenvalue weighted by atomic mass is 9.86. The number of hydrogen-bond donors (Lipinski definition) is 1. The third kappa shape index (κ3) is 6.45. The zero-order valence-corrected chi connectivity index (χ0v) is 19.8. The highest BCUT2D eigenvalue weighted by Gasteiger charge is 2.43. The molecule has 1 saturated carbocycles. The molecule has 0 bridgehead atoms. The Bertz CT molecular complexity index is 762. The van der Waals surface area contributed by atoms with Crippen LogP contribution in [0.3, 0.4) is 0 Å². The Morgan fingerprint density at radius 3 is 2.09 bits per heavy atom. The minimum absolute atomic E-state index is 0.139. The van der Waals surface area contributed by atoms with E-state index in [2.05, 4.69) is 13.8 Å². The molecule has 2 aromatic rings. The second-order valence-corrected chi connectivity index (χ2v) is 9.69. The number of benzene rings is 2. The van der Waals surface area contributed by atoms with Crippen LogP contribution in [-0.4, -0.2) is 17.2 Å². The molecule has 1 aliphatic rings. The van der Waals surface area contributed by atoms with Crippen LogP contribution < -0.4 is 0 Å². The van der Waals surface area contributed by atoms with Gasteiger partial charge in [0.05, 0.1) is 0 Å². The lowest BCUT2D eigenvalue weighted by molar-refractivity contribution is -0.169. The van der Waals surface area contributed by atoms with Crippen LogP contribution in [0.2, 0.25) is 0 Å². The number of unbranched alkanes of at least 4 members (excludes halogenated alkanes) is 4. The first kappa shape index (κ1) is 24.5. The van der Waals surface area contributed by atoms with Gasteiger partial charge in [-0.1, -0.05) is 126 Å². The van der Waals surface area contributed by atoms with Crippen molar-refractivity contribution in [1.82, 2.24) is 0 Å². The first-order valence-electron chi connectivity index (χ1n) is 12.6. The summed E-state index contributed by atoms with van der Waals surface area (Å²) in [6.45, 7) is 4.50. The molecule has 3 unspecified atom stereocenters. The number of carbonyl (C=O) groups is 1. The van der Waals surface area contributed by atoms with E-state index in [1.165, 1.54) is 51.4 Å². The summed E-state index contributed by atoms with van der Waals surface area (Å²) in [5.74, 6) is 0.566. The van der Waals surface area contributed by atoms with Crippen LogP contribution in [0, 0.1) is 11.8 Å². The quantitative estimate of drug-likeness (QED) is 0.247. The maximum atomic E-state index is 13.5. The summed E-state index contributed by atoms with van der Waals surface area (Å²) in [4.78, 5) is 13.5. The minimum Gasteiger partial charge on any atom is -0.460 e. The fourth-order valence-corrected chi connectivity index (χ4v) is 5.07. The fourth-order valence-electron chi connectivity index (χ4n) is 5.07. The summed E-state index contributed by atoms with van der Waals surface area (Å²) in [5.41, 5.74) is -0.705. The second-order valence-electron chi connectivity index (χ2n) is 9.69. The van der Waals surface area contributed by atoms with Gasteiger partial charge < -0.3 is 9.84 Å². The van der Waals surface area contributed by atoms with E-state index in [1.54, 1.807) is 24.3 Å². The summed E-state index contributed by atoms with van der Waals surface area (Å²) < 4.78 is 6.10. The second kappa shape index (κ2) is 12.2. The molecule has 0 spiro atoms. The average Bonchev–Trinajstić information content (AvgIpc) is 3.00. The first-order valence-corrected chi connectivity index (χ1v) is 12.6. The van der Waals surface area contributed by atoms with Gasteiger partial charge in [0.15, 0.2) is 0 Å². The molecule has 1 N–H and O–H groups in total. The van der Waals surface area contributed by atoms with Crippen LogP contribution in [0.1, 0.15) is 89.2 Å². The zero-order valence-electron chi connectivity index (χ0n) is 19.8. The number of aliphatic hydroxyl groups is 1. The summed E-state index contributed by atoms with van der Waals surface area (Å²) >= 11 is 0. The molecule has 3 rings (SSSR count). The molecule has 174 valence electrons. The molecule has 3 nitrogen and oxygen atoms in total. The highest BCUT2D eigenvalue weighted by Crippen LogP contribution is 2.36. The van der Waals surface area contributed by atoms with Gasteiger partial charge >= 0.3 is 5.97 Å². The Morgan fingerprint density at radius 2 is 1.50 bits per heavy atom. The normalized spacial score (nSPS) is 21.7. The Hall–Kier alpha value is -2.13. The Balaban J connectivity index is 1.73. The van der Waals surface area contributed by atoms with E-state index in [9.17, 15) is 9.90 Å². The summed E-state index contributed by atoms with van der Waals surface area (Å²) in [6.07, 6.45) is 11.7. The van der Waals surface area contributed by atoms with Gasteiger partial charge in [-0.2, -0.15) is 0 Å². The van der Waals surface area contributed by atoms with Gasteiger partial charge in [0.2, 0.25) is 5.60 Å². The first-order chi connectivity index (χ1) is 15.5. The number of rotatable bonds is 10. The highest BCUT2D eigenvalue weighted by molar-refractivity contribution is 5.85. The maximum Gasteiger partial charge on any atom is 0.347 e. The van der Waals surface area contributed by atoms with Crippen molar-refractivity contribution in [3.8, 4) is 0 Å². The van der Waals surface area contributed by atoms with Crippen LogP contribution in [0.15, 0.2) is 60.7 Å². The largest absolute Gasteiger partial charge is 0.460 e. The van der Waals surface area contributed by atoms with E-state index >= 15 is 0 Å². The Labute approximate surface area is 194 Å². The number of ether oxygens (including phenoxy) is 1. The molecule has 0 heterocycles. The third-order valence-electron chi connectivity index (χ3n) is 7.00. The predicted molar refractivity (Wildman–Crippen MR) is 130 cm³/mol. The number of hydrogen-bond acceptors (Lipinski definition) is 3. The van der Waals surface area contributed by atoms with E-state index < -0.39 is 11.6 Å². The van der Waals surface area contributed by atoms with E-state index in [0.29, 0.717) is 23.0 Å². The molecule has 0 radical (unpaired) electrons. The van der Waals surface area contributed by atoms with Gasteiger partial charge in [-0.05, 0) is 35.8 Å².